The number of carbonyl (C=O) groups is 12. The van der Waals surface area contributed by atoms with Crippen LogP contribution in [0.5, 0.6) is 0 Å². The van der Waals surface area contributed by atoms with E-state index in [-0.39, 0.29) is 31.7 Å². The van der Waals surface area contributed by atoms with Crippen molar-refractivity contribution in [2.24, 2.45) is 11.5 Å². The molecule has 0 aromatic carbocycles. The summed E-state index contributed by atoms with van der Waals surface area (Å²) in [6.07, 6.45) is -0.882. The Bertz CT molecular complexity index is 1610. The van der Waals surface area contributed by atoms with Crippen LogP contribution in [0, 0.1) is 0 Å². The summed E-state index contributed by atoms with van der Waals surface area (Å²) in [4.78, 5) is 147. The number of hydrogen-bond acceptors (Lipinski definition) is 15. The van der Waals surface area contributed by atoms with Crippen LogP contribution in [-0.2, 0) is 57.5 Å². The van der Waals surface area contributed by atoms with Gasteiger partial charge in [-0.15, -0.1) is 0 Å². The Morgan fingerprint density at radius 2 is 1.22 bits per heavy atom. The highest BCUT2D eigenvalue weighted by molar-refractivity contribution is 5.98. The van der Waals surface area contributed by atoms with E-state index < -0.39 is 153 Å². The molecule has 0 aromatic heterocycles. The molecule has 1 aliphatic rings. The highest BCUT2D eigenvalue weighted by atomic mass is 16.4. The molecule has 0 saturated carbocycles. The fraction of sp³-hybridized carbons (Fsp3) is 0.636. The van der Waals surface area contributed by atoms with Gasteiger partial charge < -0.3 is 79.7 Å². The third-order valence-electron chi connectivity index (χ3n) is 8.46. The Balaban J connectivity index is 2.86. The van der Waals surface area contributed by atoms with Crippen LogP contribution in [0.1, 0.15) is 58.3 Å². The highest BCUT2D eigenvalue weighted by Gasteiger charge is 2.33. The second-order valence-electron chi connectivity index (χ2n) is 13.3. The molecular weight excluding hydrogens is 806 g/mol. The van der Waals surface area contributed by atoms with Crippen LogP contribution in [0.25, 0.3) is 0 Å². The SMILES string of the molecule is C[C@H](NC(=O)[C@@H]1CCC(=O)N1)C(=O)N[C@@H](CCCCN)C(=O)N[C@@H](CO)C(=O)N[C@@H](CCC(=O)O)C(=O)NCC(=O)NCC(=O)N[C@@H](CO)C(=O)N[C@@H](CC(N)=O)C(=O)O. The summed E-state index contributed by atoms with van der Waals surface area (Å²) >= 11 is 0. The first-order valence-electron chi connectivity index (χ1n) is 18.5. The largest absolute Gasteiger partial charge is 0.481 e. The first-order valence-corrected chi connectivity index (χ1v) is 18.5. The summed E-state index contributed by atoms with van der Waals surface area (Å²) in [5.74, 6) is -12.3. The van der Waals surface area contributed by atoms with Crippen molar-refractivity contribution in [2.75, 3.05) is 32.8 Å². The molecule has 1 aliphatic heterocycles. The molecule has 0 bridgehead atoms. The third-order valence-corrected chi connectivity index (χ3v) is 8.46. The van der Waals surface area contributed by atoms with Crippen molar-refractivity contribution in [1.29, 1.82) is 0 Å². The second kappa shape index (κ2) is 26.5. The Morgan fingerprint density at radius 3 is 1.75 bits per heavy atom. The van der Waals surface area contributed by atoms with E-state index in [1.807, 2.05) is 10.6 Å². The van der Waals surface area contributed by atoms with Crippen molar-refractivity contribution in [3.05, 3.63) is 0 Å². The molecule has 0 spiro atoms. The van der Waals surface area contributed by atoms with Crippen molar-refractivity contribution in [1.82, 2.24) is 47.9 Å². The number of aliphatic hydroxyl groups excluding tert-OH is 2. The number of rotatable bonds is 28. The van der Waals surface area contributed by atoms with Crippen molar-refractivity contribution < 1.29 is 78.0 Å². The Hall–Kier alpha value is -6.48. The molecule has 7 atom stereocenters. The lowest BCUT2D eigenvalue weighted by atomic mass is 10.1. The van der Waals surface area contributed by atoms with E-state index in [9.17, 15) is 72.9 Å². The molecule has 1 heterocycles. The van der Waals surface area contributed by atoms with Gasteiger partial charge in [0.2, 0.25) is 59.1 Å². The first-order chi connectivity index (χ1) is 28.2. The van der Waals surface area contributed by atoms with E-state index >= 15 is 0 Å². The molecule has 0 aliphatic carbocycles. The highest BCUT2D eigenvalue weighted by Crippen LogP contribution is 2.08. The first kappa shape index (κ1) is 51.5. The fourth-order valence-corrected chi connectivity index (χ4v) is 5.17. The fourth-order valence-electron chi connectivity index (χ4n) is 5.17. The van der Waals surface area contributed by atoms with Crippen LogP contribution in [0.2, 0.25) is 0 Å². The average molecular weight is 860 g/mol. The molecular formula is C33H53N11O16. The standard InChI is InChI=1S/C33H53N11O16/c1-15(38-29(55)18-5-7-23(48)39-18)27(53)41-16(4-2-3-9-34)30(56)44-21(14-46)32(58)42-17(6-8-26(51)52)28(54)37-11-24(49)36-12-25(50)40-20(13-45)31(57)43-19(33(59)60)10-22(35)47/h15-21,45-46H,2-14,34H2,1H3,(H2,35,47)(H,36,49)(H,37,54)(H,38,55)(H,39,48)(H,40,50)(H,41,53)(H,42,58)(H,43,57)(H,44,56)(H,51,52)(H,59,60)/t15-,16-,17-,18-,19-,20-,21-/m0/s1. The summed E-state index contributed by atoms with van der Waals surface area (Å²) in [5.41, 5.74) is 10.5. The predicted molar refractivity (Wildman–Crippen MR) is 200 cm³/mol. The molecule has 1 saturated heterocycles. The van der Waals surface area contributed by atoms with Crippen LogP contribution in [0.15, 0.2) is 0 Å². The van der Waals surface area contributed by atoms with Gasteiger partial charge in [0.05, 0.1) is 32.7 Å². The van der Waals surface area contributed by atoms with Crippen LogP contribution >= 0.6 is 0 Å². The van der Waals surface area contributed by atoms with Gasteiger partial charge in [-0.2, -0.15) is 0 Å². The van der Waals surface area contributed by atoms with E-state index in [4.69, 9.17) is 16.6 Å². The molecule has 0 radical (unpaired) electrons. The monoisotopic (exact) mass is 859 g/mol. The smallest absolute Gasteiger partial charge is 0.326 e. The van der Waals surface area contributed by atoms with Crippen LogP contribution in [-0.4, -0.2) is 167 Å². The van der Waals surface area contributed by atoms with Gasteiger partial charge in [-0.3, -0.25) is 52.7 Å². The lowest BCUT2D eigenvalue weighted by Crippen LogP contribution is -2.59. The minimum Gasteiger partial charge on any atom is -0.481 e. The topological polar surface area (TPSA) is 446 Å². The number of nitrogens with two attached hydrogens (primary N) is 2. The quantitative estimate of drug-likeness (QED) is 0.0325. The normalized spacial score (nSPS) is 16.1. The number of primary amides is 1. The van der Waals surface area contributed by atoms with Gasteiger partial charge in [0.15, 0.2) is 0 Å². The van der Waals surface area contributed by atoms with Gasteiger partial charge in [0, 0.05) is 12.8 Å². The number of amides is 10. The van der Waals surface area contributed by atoms with Crippen molar-refractivity contribution in [3.63, 3.8) is 0 Å². The molecule has 17 N–H and O–H groups in total. The predicted octanol–water partition coefficient (Wildman–Crippen LogP) is -8.64. The van der Waals surface area contributed by atoms with Gasteiger partial charge in [-0.1, -0.05) is 0 Å². The van der Waals surface area contributed by atoms with Crippen molar-refractivity contribution >= 4 is 71.0 Å². The van der Waals surface area contributed by atoms with E-state index in [1.165, 1.54) is 6.92 Å². The average Bonchev–Trinajstić information content (AvgIpc) is 3.63. The number of unbranched alkanes of at least 4 members (excludes halogenated alkanes) is 1. The summed E-state index contributed by atoms with van der Waals surface area (Å²) in [6.45, 7) is -2.16. The van der Waals surface area contributed by atoms with E-state index in [0.29, 0.717) is 12.8 Å². The molecule has 1 fully saturated rings. The van der Waals surface area contributed by atoms with Gasteiger partial charge in [0.1, 0.15) is 42.3 Å². The number of aliphatic hydroxyl groups is 2. The summed E-state index contributed by atoms with van der Waals surface area (Å²) in [7, 11) is 0. The lowest BCUT2D eigenvalue weighted by molar-refractivity contribution is -0.144. The minimum atomic E-state index is -1.77. The van der Waals surface area contributed by atoms with E-state index in [1.54, 1.807) is 0 Å². The maximum Gasteiger partial charge on any atom is 0.326 e. The number of carbonyl (C=O) groups excluding carboxylic acids is 10. The minimum absolute atomic E-state index is 0.00419. The Kier molecular flexibility index (Phi) is 22.8. The zero-order chi connectivity index (χ0) is 45.5. The Labute approximate surface area is 341 Å². The summed E-state index contributed by atoms with van der Waals surface area (Å²) in [5, 5.41) is 57.6. The van der Waals surface area contributed by atoms with Crippen molar-refractivity contribution in [2.45, 2.75) is 101 Å². The number of carboxylic acid groups (broad SMARTS) is 2. The zero-order valence-electron chi connectivity index (χ0n) is 32.6. The number of aliphatic carboxylic acids is 2. The van der Waals surface area contributed by atoms with Gasteiger partial charge in [-0.25, -0.2) is 4.79 Å². The Morgan fingerprint density at radius 1 is 0.683 bits per heavy atom. The van der Waals surface area contributed by atoms with E-state index in [0.717, 1.165) is 0 Å². The molecule has 60 heavy (non-hydrogen) atoms. The van der Waals surface area contributed by atoms with Gasteiger partial charge in [0.25, 0.3) is 0 Å². The zero-order valence-corrected chi connectivity index (χ0v) is 32.6. The summed E-state index contributed by atoms with van der Waals surface area (Å²) < 4.78 is 0. The molecule has 1 rings (SSSR count). The number of nitrogens with one attached hydrogen (secondary N) is 9. The van der Waals surface area contributed by atoms with Gasteiger partial charge in [-0.05, 0) is 45.6 Å². The molecule has 27 nitrogen and oxygen atoms in total. The molecule has 0 unspecified atom stereocenters. The third kappa shape index (κ3) is 19.3. The maximum absolute atomic E-state index is 13.3. The lowest BCUT2D eigenvalue weighted by Gasteiger charge is -2.25. The van der Waals surface area contributed by atoms with Crippen molar-refractivity contribution in [3.8, 4) is 0 Å². The number of hydrogen-bond donors (Lipinski definition) is 15. The molecule has 336 valence electrons. The summed E-state index contributed by atoms with van der Waals surface area (Å²) in [6, 6.07) is -10.2. The number of carboxylic acids is 2. The maximum atomic E-state index is 13.3. The van der Waals surface area contributed by atoms with Crippen LogP contribution in [0.3, 0.4) is 0 Å². The van der Waals surface area contributed by atoms with E-state index in [2.05, 4.69) is 37.2 Å². The second-order valence-corrected chi connectivity index (χ2v) is 13.3. The van der Waals surface area contributed by atoms with Crippen LogP contribution in [0.4, 0.5) is 0 Å². The molecule has 0 aromatic rings. The molecule has 27 heteroatoms. The van der Waals surface area contributed by atoms with Gasteiger partial charge >= 0.3 is 11.9 Å². The van der Waals surface area contributed by atoms with Crippen LogP contribution < -0.4 is 59.3 Å². The molecule has 10 amide bonds.